The second kappa shape index (κ2) is 9.84. The fourth-order valence-electron chi connectivity index (χ4n) is 3.46. The molecule has 0 fully saturated rings. The molecule has 0 spiro atoms. The summed E-state index contributed by atoms with van der Waals surface area (Å²) in [6.45, 7) is 2.70. The molecule has 3 amide bonds. The van der Waals surface area contributed by atoms with Gasteiger partial charge in [-0.15, -0.1) is 0 Å². The first-order valence-electron chi connectivity index (χ1n) is 10.2. The molecule has 2 aromatic rings. The molecule has 11 heteroatoms. The number of esters is 1. The van der Waals surface area contributed by atoms with Crippen LogP contribution < -0.4 is 5.32 Å². The van der Waals surface area contributed by atoms with Crippen LogP contribution in [-0.4, -0.2) is 41.2 Å². The number of carbonyl (C=O) groups excluding carboxylic acids is 4. The molecule has 34 heavy (non-hydrogen) atoms. The van der Waals surface area contributed by atoms with Crippen LogP contribution in [0.3, 0.4) is 0 Å². The number of benzene rings is 2. The zero-order valence-electron chi connectivity index (χ0n) is 18.1. The minimum atomic E-state index is -4.65. The number of nitrogens with one attached hydrogen (secondary N) is 1. The van der Waals surface area contributed by atoms with Gasteiger partial charge in [0.05, 0.1) is 27.4 Å². The van der Waals surface area contributed by atoms with Gasteiger partial charge in [-0.25, -0.2) is 4.79 Å². The summed E-state index contributed by atoms with van der Waals surface area (Å²) in [5.74, 6) is -3.35. The van der Waals surface area contributed by atoms with E-state index in [1.165, 1.54) is 12.1 Å². The Hall–Kier alpha value is -3.40. The molecule has 2 aromatic carbocycles. The van der Waals surface area contributed by atoms with E-state index >= 15 is 0 Å². The first-order valence-corrected chi connectivity index (χ1v) is 10.6. The highest BCUT2D eigenvalue weighted by Crippen LogP contribution is 2.34. The second-order valence-electron chi connectivity index (χ2n) is 8.02. The summed E-state index contributed by atoms with van der Waals surface area (Å²) in [5, 5.41) is 2.02. The Morgan fingerprint density at radius 1 is 1.06 bits per heavy atom. The molecular formula is C23H20ClF3N2O5. The van der Waals surface area contributed by atoms with Gasteiger partial charge in [-0.3, -0.25) is 19.3 Å². The summed E-state index contributed by atoms with van der Waals surface area (Å²) >= 11 is 5.85. The minimum Gasteiger partial charge on any atom is -0.454 e. The lowest BCUT2D eigenvalue weighted by atomic mass is 10.0. The zero-order chi connectivity index (χ0) is 25.2. The lowest BCUT2D eigenvalue weighted by molar-refractivity contribution is -0.151. The van der Waals surface area contributed by atoms with Crippen LogP contribution in [0.4, 0.5) is 18.9 Å². The van der Waals surface area contributed by atoms with E-state index in [9.17, 15) is 32.3 Å². The Morgan fingerprint density at radius 2 is 1.65 bits per heavy atom. The van der Waals surface area contributed by atoms with Crippen molar-refractivity contribution in [2.75, 3.05) is 11.9 Å². The number of imide groups is 1. The Bertz CT molecular complexity index is 1110. The molecule has 1 aliphatic heterocycles. The number of hydrogen-bond donors (Lipinski definition) is 1. The summed E-state index contributed by atoms with van der Waals surface area (Å²) in [5.41, 5.74) is -1.01. The Labute approximate surface area is 197 Å². The molecule has 0 bridgehead atoms. The number of nitrogens with zero attached hydrogens (tertiary/aromatic N) is 1. The maximum absolute atomic E-state index is 12.9. The highest BCUT2D eigenvalue weighted by atomic mass is 35.5. The number of alkyl halides is 3. The monoisotopic (exact) mass is 496 g/mol. The van der Waals surface area contributed by atoms with Crippen molar-refractivity contribution in [1.29, 1.82) is 0 Å². The van der Waals surface area contributed by atoms with Crippen LogP contribution in [-0.2, 0) is 20.5 Å². The average Bonchev–Trinajstić information content (AvgIpc) is 3.01. The van der Waals surface area contributed by atoms with Crippen LogP contribution in [0.2, 0.25) is 5.02 Å². The van der Waals surface area contributed by atoms with Crippen molar-refractivity contribution in [3.8, 4) is 0 Å². The van der Waals surface area contributed by atoms with E-state index in [0.29, 0.717) is 6.07 Å². The number of hydrogen-bond acceptors (Lipinski definition) is 5. The van der Waals surface area contributed by atoms with Gasteiger partial charge in [-0.05, 0) is 42.7 Å². The molecule has 180 valence electrons. The molecule has 1 unspecified atom stereocenters. The molecule has 1 heterocycles. The first-order chi connectivity index (χ1) is 15.9. The van der Waals surface area contributed by atoms with Crippen molar-refractivity contribution in [3.63, 3.8) is 0 Å². The SMILES string of the molecule is CC(C)CC(C(=O)OCC(=O)Nc1cc(C(F)(F)F)ccc1Cl)N1C(=O)c2ccccc2C1=O. The van der Waals surface area contributed by atoms with Gasteiger partial charge in [0, 0.05) is 0 Å². The molecule has 7 nitrogen and oxygen atoms in total. The number of halogens is 4. The van der Waals surface area contributed by atoms with Gasteiger partial charge in [0.2, 0.25) is 0 Å². The molecule has 1 N–H and O–H groups in total. The smallest absolute Gasteiger partial charge is 0.416 e. The van der Waals surface area contributed by atoms with E-state index in [-0.39, 0.29) is 34.2 Å². The van der Waals surface area contributed by atoms with Crippen molar-refractivity contribution < 1.29 is 37.1 Å². The van der Waals surface area contributed by atoms with Crippen molar-refractivity contribution in [3.05, 3.63) is 64.2 Å². The number of fused-ring (bicyclic) bond motifs is 1. The number of carbonyl (C=O) groups is 4. The molecule has 0 saturated carbocycles. The summed E-state index contributed by atoms with van der Waals surface area (Å²) in [6.07, 6.45) is -4.56. The maximum Gasteiger partial charge on any atom is 0.416 e. The largest absolute Gasteiger partial charge is 0.454 e. The molecular weight excluding hydrogens is 477 g/mol. The second-order valence-corrected chi connectivity index (χ2v) is 8.43. The zero-order valence-corrected chi connectivity index (χ0v) is 18.9. The highest BCUT2D eigenvalue weighted by molar-refractivity contribution is 6.33. The summed E-state index contributed by atoms with van der Waals surface area (Å²) in [7, 11) is 0. The number of anilines is 1. The first kappa shape index (κ1) is 25.2. The van der Waals surface area contributed by atoms with Crippen LogP contribution >= 0.6 is 11.6 Å². The predicted molar refractivity (Wildman–Crippen MR) is 116 cm³/mol. The molecule has 0 aliphatic carbocycles. The van der Waals surface area contributed by atoms with E-state index in [1.807, 2.05) is 0 Å². The summed E-state index contributed by atoms with van der Waals surface area (Å²) < 4.78 is 43.7. The van der Waals surface area contributed by atoms with Crippen LogP contribution in [0.5, 0.6) is 0 Å². The van der Waals surface area contributed by atoms with E-state index in [1.54, 1.807) is 26.0 Å². The topological polar surface area (TPSA) is 92.8 Å². The van der Waals surface area contributed by atoms with Crippen molar-refractivity contribution in [2.24, 2.45) is 5.92 Å². The minimum absolute atomic E-state index is 0.0887. The van der Waals surface area contributed by atoms with Crippen molar-refractivity contribution in [2.45, 2.75) is 32.5 Å². The normalized spacial score (nSPS) is 14.3. The third kappa shape index (κ3) is 5.39. The molecule has 3 rings (SSSR count). The maximum atomic E-state index is 12.9. The van der Waals surface area contributed by atoms with Gasteiger partial charge >= 0.3 is 12.1 Å². The third-order valence-electron chi connectivity index (χ3n) is 5.02. The number of rotatable bonds is 7. The van der Waals surface area contributed by atoms with E-state index in [0.717, 1.165) is 17.0 Å². The summed E-state index contributed by atoms with van der Waals surface area (Å²) in [4.78, 5) is 51.4. The van der Waals surface area contributed by atoms with Crippen molar-refractivity contribution >= 4 is 41.0 Å². The van der Waals surface area contributed by atoms with Gasteiger partial charge in [-0.1, -0.05) is 37.6 Å². The van der Waals surface area contributed by atoms with Gasteiger partial charge in [0.25, 0.3) is 17.7 Å². The van der Waals surface area contributed by atoms with Gasteiger partial charge in [0.1, 0.15) is 6.04 Å². The van der Waals surface area contributed by atoms with Gasteiger partial charge in [0.15, 0.2) is 6.61 Å². The third-order valence-corrected chi connectivity index (χ3v) is 5.35. The Kier molecular flexibility index (Phi) is 7.30. The van der Waals surface area contributed by atoms with Crippen LogP contribution in [0.1, 0.15) is 46.5 Å². The highest BCUT2D eigenvalue weighted by Gasteiger charge is 2.43. The van der Waals surface area contributed by atoms with Crippen LogP contribution in [0, 0.1) is 5.92 Å². The summed E-state index contributed by atoms with van der Waals surface area (Å²) in [6, 6.07) is 7.24. The van der Waals surface area contributed by atoms with E-state index in [2.05, 4.69) is 5.32 Å². The van der Waals surface area contributed by atoms with E-state index < -0.39 is 48.1 Å². The Morgan fingerprint density at radius 3 is 2.18 bits per heavy atom. The number of amides is 3. The fourth-order valence-corrected chi connectivity index (χ4v) is 3.63. The van der Waals surface area contributed by atoms with Crippen molar-refractivity contribution in [1.82, 2.24) is 4.90 Å². The van der Waals surface area contributed by atoms with Crippen LogP contribution in [0.15, 0.2) is 42.5 Å². The van der Waals surface area contributed by atoms with Gasteiger partial charge in [-0.2, -0.15) is 13.2 Å². The molecule has 0 radical (unpaired) electrons. The molecule has 1 atom stereocenters. The molecule has 0 saturated heterocycles. The predicted octanol–water partition coefficient (Wildman–Crippen LogP) is 4.55. The van der Waals surface area contributed by atoms with E-state index in [4.69, 9.17) is 16.3 Å². The quantitative estimate of drug-likeness (QED) is 0.448. The fraction of sp³-hybridized carbons (Fsp3) is 0.304. The van der Waals surface area contributed by atoms with Gasteiger partial charge < -0.3 is 10.1 Å². The standard InChI is InChI=1S/C23H20ClF3N2O5/c1-12(2)9-18(29-20(31)14-5-3-4-6-15(14)21(29)32)22(33)34-11-19(30)28-17-10-13(23(25,26)27)7-8-16(17)24/h3-8,10,12,18H,9,11H2,1-2H3,(H,28,30). The number of ether oxygens (including phenoxy) is 1. The average molecular weight is 497 g/mol. The Balaban J connectivity index is 1.71. The lowest BCUT2D eigenvalue weighted by Gasteiger charge is -2.25. The molecule has 1 aliphatic rings. The lowest BCUT2D eigenvalue weighted by Crippen LogP contribution is -2.46. The van der Waals surface area contributed by atoms with Crippen LogP contribution in [0.25, 0.3) is 0 Å². The molecule has 0 aromatic heterocycles.